The lowest BCUT2D eigenvalue weighted by Gasteiger charge is -2.20. The quantitative estimate of drug-likeness (QED) is 0.743. The zero-order chi connectivity index (χ0) is 19.0. The van der Waals surface area contributed by atoms with Gasteiger partial charge in [-0.2, -0.15) is 0 Å². The summed E-state index contributed by atoms with van der Waals surface area (Å²) in [4.78, 5) is 35.9. The van der Waals surface area contributed by atoms with E-state index in [4.69, 9.17) is 9.84 Å². The van der Waals surface area contributed by atoms with Crippen LogP contribution in [0.25, 0.3) is 0 Å². The Morgan fingerprint density at radius 2 is 1.76 bits per heavy atom. The Kier molecular flexibility index (Phi) is 7.42. The van der Waals surface area contributed by atoms with E-state index in [0.717, 1.165) is 5.56 Å². The number of carbonyl (C=O) groups is 3. The van der Waals surface area contributed by atoms with Gasteiger partial charge in [0.15, 0.2) is 6.61 Å². The first-order chi connectivity index (χ1) is 11.6. The fourth-order valence-electron chi connectivity index (χ4n) is 1.94. The molecule has 25 heavy (non-hydrogen) atoms. The molecule has 0 aliphatic rings. The lowest BCUT2D eigenvalue weighted by molar-refractivity contribution is -0.139. The van der Waals surface area contributed by atoms with Crippen molar-refractivity contribution in [3.05, 3.63) is 29.8 Å². The number of hydrogen-bond acceptors (Lipinski definition) is 4. The molecule has 7 heteroatoms. The Hall–Kier alpha value is -2.57. The van der Waals surface area contributed by atoms with Crippen LogP contribution in [0.1, 0.15) is 32.8 Å². The van der Waals surface area contributed by atoms with Crippen LogP contribution < -0.4 is 10.1 Å². The fourth-order valence-corrected chi connectivity index (χ4v) is 1.94. The Labute approximate surface area is 148 Å². The molecule has 1 rings (SSSR count). The zero-order valence-electron chi connectivity index (χ0n) is 15.2. The molecule has 0 bridgehead atoms. The molecule has 0 fully saturated rings. The van der Waals surface area contributed by atoms with Gasteiger partial charge in [-0.05, 0) is 17.7 Å². The molecule has 0 saturated carbocycles. The van der Waals surface area contributed by atoms with Gasteiger partial charge in [0, 0.05) is 32.0 Å². The number of aliphatic carboxylic acids is 1. The highest BCUT2D eigenvalue weighted by atomic mass is 16.5. The van der Waals surface area contributed by atoms with E-state index in [2.05, 4.69) is 5.32 Å². The van der Waals surface area contributed by atoms with Gasteiger partial charge in [-0.3, -0.25) is 9.59 Å². The number of nitrogens with one attached hydrogen (secondary N) is 1. The highest BCUT2D eigenvalue weighted by Crippen LogP contribution is 2.14. The highest BCUT2D eigenvalue weighted by Gasteiger charge is 2.21. The molecule has 0 aliphatic carbocycles. The molecule has 0 aliphatic heterocycles. The first-order valence-corrected chi connectivity index (χ1v) is 8.05. The molecule has 2 N–H and O–H groups in total. The second kappa shape index (κ2) is 9.05. The van der Waals surface area contributed by atoms with Crippen molar-refractivity contribution < 1.29 is 24.2 Å². The standard InChI is InChI=1S/C18H26N2O5/c1-18(2,3)17(24)19-10-9-15(21)20(4)11-13-5-7-14(8-6-13)25-12-16(22)23/h5-8H,9-12H2,1-4H3,(H,19,24)(H,22,23). The summed E-state index contributed by atoms with van der Waals surface area (Å²) in [5.74, 6) is -0.724. The molecular formula is C18H26N2O5. The van der Waals surface area contributed by atoms with E-state index in [1.165, 1.54) is 0 Å². The summed E-state index contributed by atoms with van der Waals surface area (Å²) >= 11 is 0. The fraction of sp³-hybridized carbons (Fsp3) is 0.500. The minimum Gasteiger partial charge on any atom is -0.482 e. The van der Waals surface area contributed by atoms with Crippen LogP contribution in [0.15, 0.2) is 24.3 Å². The third kappa shape index (κ3) is 7.69. The molecule has 1 aromatic rings. The van der Waals surface area contributed by atoms with Crippen LogP contribution in [0.2, 0.25) is 0 Å². The van der Waals surface area contributed by atoms with E-state index in [1.807, 2.05) is 20.8 Å². The van der Waals surface area contributed by atoms with E-state index in [9.17, 15) is 14.4 Å². The number of rotatable bonds is 8. The lowest BCUT2D eigenvalue weighted by Crippen LogP contribution is -2.37. The molecule has 0 spiro atoms. The van der Waals surface area contributed by atoms with Gasteiger partial charge >= 0.3 is 5.97 Å². The molecule has 0 unspecified atom stereocenters. The van der Waals surface area contributed by atoms with Gasteiger partial charge in [-0.15, -0.1) is 0 Å². The monoisotopic (exact) mass is 350 g/mol. The Morgan fingerprint density at radius 1 is 1.16 bits per heavy atom. The smallest absolute Gasteiger partial charge is 0.341 e. The molecule has 0 heterocycles. The first kappa shape index (κ1) is 20.5. The average molecular weight is 350 g/mol. The van der Waals surface area contributed by atoms with Crippen molar-refractivity contribution in [2.24, 2.45) is 5.41 Å². The predicted molar refractivity (Wildman–Crippen MR) is 93.1 cm³/mol. The summed E-state index contributed by atoms with van der Waals surface area (Å²) in [6.45, 7) is 5.80. The summed E-state index contributed by atoms with van der Waals surface area (Å²) in [7, 11) is 1.70. The number of carboxylic acid groups (broad SMARTS) is 1. The van der Waals surface area contributed by atoms with Gasteiger partial charge in [-0.25, -0.2) is 4.79 Å². The van der Waals surface area contributed by atoms with Crippen molar-refractivity contribution in [3.63, 3.8) is 0 Å². The van der Waals surface area contributed by atoms with Crippen LogP contribution in [0, 0.1) is 5.41 Å². The van der Waals surface area contributed by atoms with Crippen LogP contribution >= 0.6 is 0 Å². The summed E-state index contributed by atoms with van der Waals surface area (Å²) in [5.41, 5.74) is 0.427. The molecule has 138 valence electrons. The number of amides is 2. The van der Waals surface area contributed by atoms with Crippen molar-refractivity contribution in [3.8, 4) is 5.75 Å². The van der Waals surface area contributed by atoms with Gasteiger partial charge in [0.25, 0.3) is 0 Å². The van der Waals surface area contributed by atoms with Gasteiger partial charge < -0.3 is 20.1 Å². The number of ether oxygens (including phenoxy) is 1. The summed E-state index contributed by atoms with van der Waals surface area (Å²) in [6, 6.07) is 6.89. The van der Waals surface area contributed by atoms with Crippen LogP contribution in [-0.2, 0) is 20.9 Å². The first-order valence-electron chi connectivity index (χ1n) is 8.05. The Balaban J connectivity index is 2.42. The minimum atomic E-state index is -1.03. The van der Waals surface area contributed by atoms with E-state index in [1.54, 1.807) is 36.2 Å². The van der Waals surface area contributed by atoms with E-state index < -0.39 is 18.0 Å². The molecule has 2 amide bonds. The Bertz CT molecular complexity index is 605. The maximum absolute atomic E-state index is 12.1. The van der Waals surface area contributed by atoms with Crippen molar-refractivity contribution in [1.29, 1.82) is 0 Å². The molecule has 0 radical (unpaired) electrons. The largest absolute Gasteiger partial charge is 0.482 e. The number of carbonyl (C=O) groups excluding carboxylic acids is 2. The maximum atomic E-state index is 12.1. The number of nitrogens with zero attached hydrogens (tertiary/aromatic N) is 1. The zero-order valence-corrected chi connectivity index (χ0v) is 15.2. The van der Waals surface area contributed by atoms with Crippen molar-refractivity contribution >= 4 is 17.8 Å². The second-order valence-corrected chi connectivity index (χ2v) is 6.83. The number of hydrogen-bond donors (Lipinski definition) is 2. The summed E-state index contributed by atoms with van der Waals surface area (Å²) in [5, 5.41) is 11.3. The maximum Gasteiger partial charge on any atom is 0.341 e. The van der Waals surface area contributed by atoms with E-state index in [0.29, 0.717) is 18.8 Å². The molecule has 1 aromatic carbocycles. The average Bonchev–Trinajstić information content (AvgIpc) is 2.52. The minimum absolute atomic E-state index is 0.0691. The van der Waals surface area contributed by atoms with Crippen LogP contribution in [0.5, 0.6) is 5.75 Å². The van der Waals surface area contributed by atoms with Crippen molar-refractivity contribution in [2.75, 3.05) is 20.2 Å². The van der Waals surface area contributed by atoms with Crippen LogP contribution in [0.4, 0.5) is 0 Å². The van der Waals surface area contributed by atoms with Gasteiger partial charge in [0.1, 0.15) is 5.75 Å². The van der Waals surface area contributed by atoms with Gasteiger partial charge in [-0.1, -0.05) is 32.9 Å². The molecule has 0 atom stereocenters. The third-order valence-electron chi connectivity index (χ3n) is 3.44. The predicted octanol–water partition coefficient (Wildman–Crippen LogP) is 1.66. The van der Waals surface area contributed by atoms with E-state index >= 15 is 0 Å². The van der Waals surface area contributed by atoms with Gasteiger partial charge in [0.05, 0.1) is 0 Å². The van der Waals surface area contributed by atoms with Gasteiger partial charge in [0.2, 0.25) is 11.8 Å². The summed E-state index contributed by atoms with van der Waals surface area (Å²) in [6.07, 6.45) is 0.234. The topological polar surface area (TPSA) is 95.9 Å². The lowest BCUT2D eigenvalue weighted by atomic mass is 9.96. The summed E-state index contributed by atoms with van der Waals surface area (Å²) < 4.78 is 5.06. The van der Waals surface area contributed by atoms with Crippen LogP contribution in [0.3, 0.4) is 0 Å². The van der Waals surface area contributed by atoms with Crippen LogP contribution in [-0.4, -0.2) is 48.0 Å². The number of carboxylic acids is 1. The normalized spacial score (nSPS) is 10.9. The SMILES string of the molecule is CN(Cc1ccc(OCC(=O)O)cc1)C(=O)CCNC(=O)C(C)(C)C. The van der Waals surface area contributed by atoms with Crippen molar-refractivity contribution in [2.45, 2.75) is 33.7 Å². The second-order valence-electron chi connectivity index (χ2n) is 6.83. The Morgan fingerprint density at radius 3 is 2.28 bits per heavy atom. The van der Waals surface area contributed by atoms with Crippen molar-refractivity contribution in [1.82, 2.24) is 10.2 Å². The molecule has 0 aromatic heterocycles. The third-order valence-corrected chi connectivity index (χ3v) is 3.44. The highest BCUT2D eigenvalue weighted by molar-refractivity contribution is 5.82. The molecule has 7 nitrogen and oxygen atoms in total. The molecule has 0 saturated heterocycles. The number of benzene rings is 1. The van der Waals surface area contributed by atoms with E-state index in [-0.39, 0.29) is 18.2 Å². The molecular weight excluding hydrogens is 324 g/mol.